The van der Waals surface area contributed by atoms with Crippen LogP contribution in [0.15, 0.2) is 24.3 Å². The Morgan fingerprint density at radius 2 is 1.96 bits per heavy atom. The van der Waals surface area contributed by atoms with Crippen molar-refractivity contribution in [3.8, 4) is 0 Å². The van der Waals surface area contributed by atoms with E-state index in [1.165, 1.54) is 0 Å². The fourth-order valence-electron chi connectivity index (χ4n) is 3.24. The molecule has 0 radical (unpaired) electrons. The van der Waals surface area contributed by atoms with Crippen LogP contribution in [0, 0.1) is 5.92 Å². The number of hydrogen-bond donors (Lipinski definition) is 1. The monoisotopic (exact) mass is 366 g/mol. The maximum absolute atomic E-state index is 12.7. The number of ether oxygens (including phenoxy) is 1. The molecule has 2 amide bonds. The number of benzene rings is 1. The van der Waals surface area contributed by atoms with E-state index in [9.17, 15) is 14.4 Å². The second kappa shape index (κ2) is 7.41. The Balaban J connectivity index is 1.64. The van der Waals surface area contributed by atoms with Crippen molar-refractivity contribution in [3.63, 3.8) is 0 Å². The highest BCUT2D eigenvalue weighted by Gasteiger charge is 2.38. The van der Waals surface area contributed by atoms with Crippen molar-refractivity contribution < 1.29 is 24.2 Å². The predicted molar refractivity (Wildman–Crippen MR) is 90.5 cm³/mol. The number of aliphatic carboxylic acids is 1. The fraction of sp³-hybridized carbons (Fsp3) is 0.471. The molecule has 1 N–H and O–H groups in total. The van der Waals surface area contributed by atoms with Gasteiger partial charge in [0.25, 0.3) is 0 Å². The van der Waals surface area contributed by atoms with Gasteiger partial charge in [0.05, 0.1) is 25.0 Å². The molecule has 0 aliphatic carbocycles. The number of anilines is 1. The van der Waals surface area contributed by atoms with Crippen LogP contribution in [0.2, 0.25) is 5.02 Å². The molecule has 0 bridgehead atoms. The number of halogens is 1. The Morgan fingerprint density at radius 3 is 2.64 bits per heavy atom. The average molecular weight is 367 g/mol. The summed E-state index contributed by atoms with van der Waals surface area (Å²) in [5.41, 5.74) is 0.718. The summed E-state index contributed by atoms with van der Waals surface area (Å²) in [5, 5.41) is 9.46. The Hall–Kier alpha value is -2.12. The van der Waals surface area contributed by atoms with Gasteiger partial charge in [0.1, 0.15) is 0 Å². The zero-order chi connectivity index (χ0) is 18.0. The largest absolute Gasteiger partial charge is 0.481 e. The Bertz CT molecular complexity index is 678. The van der Waals surface area contributed by atoms with E-state index in [-0.39, 0.29) is 31.2 Å². The summed E-state index contributed by atoms with van der Waals surface area (Å²) in [4.78, 5) is 39.0. The Morgan fingerprint density at radius 1 is 1.24 bits per heavy atom. The third kappa shape index (κ3) is 4.11. The smallest absolute Gasteiger partial charge is 0.306 e. The summed E-state index contributed by atoms with van der Waals surface area (Å²) in [7, 11) is 0. The lowest BCUT2D eigenvalue weighted by molar-refractivity contribution is -0.149. The molecule has 2 fully saturated rings. The van der Waals surface area contributed by atoms with Gasteiger partial charge in [-0.05, 0) is 24.3 Å². The van der Waals surface area contributed by atoms with Crippen LogP contribution in [0.4, 0.5) is 5.69 Å². The normalized spacial score (nSPS) is 23.8. The van der Waals surface area contributed by atoms with Crippen LogP contribution in [0.1, 0.15) is 12.8 Å². The van der Waals surface area contributed by atoms with Gasteiger partial charge in [-0.25, -0.2) is 0 Å². The predicted octanol–water partition coefficient (Wildman–Crippen LogP) is 1.40. The number of carboxylic acids is 1. The molecule has 0 spiro atoms. The lowest BCUT2D eigenvalue weighted by Gasteiger charge is -2.33. The quantitative estimate of drug-likeness (QED) is 0.870. The standard InChI is InChI=1S/C17H19ClN2O5/c18-12-1-3-13(4-2-12)20-9-11(7-15(20)21)17(24)19-5-6-25-14(10-19)8-16(22)23/h1-4,11,14H,5-10H2,(H,22,23)/t11-,14+/m0/s1. The average Bonchev–Trinajstić information content (AvgIpc) is 2.96. The van der Waals surface area contributed by atoms with Gasteiger partial charge in [0.15, 0.2) is 0 Å². The molecular weight excluding hydrogens is 348 g/mol. The Labute approximate surface area is 150 Å². The van der Waals surface area contributed by atoms with Crippen LogP contribution in [-0.2, 0) is 19.1 Å². The topological polar surface area (TPSA) is 87.2 Å². The number of carboxylic acid groups (broad SMARTS) is 1. The zero-order valence-electron chi connectivity index (χ0n) is 13.6. The van der Waals surface area contributed by atoms with Crippen molar-refractivity contribution in [2.45, 2.75) is 18.9 Å². The minimum atomic E-state index is -0.954. The molecule has 7 nitrogen and oxygen atoms in total. The molecule has 2 saturated heterocycles. The maximum atomic E-state index is 12.7. The molecule has 0 saturated carbocycles. The molecule has 1 aromatic carbocycles. The van der Waals surface area contributed by atoms with E-state index >= 15 is 0 Å². The number of morpholine rings is 1. The summed E-state index contributed by atoms with van der Waals surface area (Å²) < 4.78 is 5.39. The fourth-order valence-corrected chi connectivity index (χ4v) is 3.37. The highest BCUT2D eigenvalue weighted by atomic mass is 35.5. The van der Waals surface area contributed by atoms with Crippen molar-refractivity contribution in [3.05, 3.63) is 29.3 Å². The number of amides is 2. The first-order valence-electron chi connectivity index (χ1n) is 8.12. The van der Waals surface area contributed by atoms with E-state index in [0.29, 0.717) is 24.7 Å². The molecule has 3 rings (SSSR count). The zero-order valence-corrected chi connectivity index (χ0v) is 14.3. The second-order valence-corrected chi connectivity index (χ2v) is 6.69. The molecule has 134 valence electrons. The van der Waals surface area contributed by atoms with Gasteiger partial charge in [0.2, 0.25) is 11.8 Å². The molecule has 2 aliphatic heterocycles. The third-order valence-electron chi connectivity index (χ3n) is 4.47. The highest BCUT2D eigenvalue weighted by Crippen LogP contribution is 2.28. The van der Waals surface area contributed by atoms with Crippen LogP contribution < -0.4 is 4.90 Å². The lowest BCUT2D eigenvalue weighted by Crippen LogP contribution is -2.48. The molecule has 8 heteroatoms. The first-order valence-corrected chi connectivity index (χ1v) is 8.50. The summed E-state index contributed by atoms with van der Waals surface area (Å²) in [6.45, 7) is 1.29. The number of carbonyl (C=O) groups excluding carboxylic acids is 2. The van der Waals surface area contributed by atoms with Crippen LogP contribution in [0.25, 0.3) is 0 Å². The van der Waals surface area contributed by atoms with Crippen molar-refractivity contribution in [2.24, 2.45) is 5.92 Å². The number of carbonyl (C=O) groups is 3. The number of hydrogen-bond acceptors (Lipinski definition) is 4. The molecule has 1 aromatic rings. The maximum Gasteiger partial charge on any atom is 0.306 e. The molecular formula is C17H19ClN2O5. The molecule has 0 aromatic heterocycles. The summed E-state index contributed by atoms with van der Waals surface area (Å²) in [6, 6.07) is 6.92. The van der Waals surface area contributed by atoms with E-state index in [1.54, 1.807) is 34.1 Å². The molecule has 2 heterocycles. The minimum absolute atomic E-state index is 0.101. The van der Waals surface area contributed by atoms with Crippen LogP contribution in [0.5, 0.6) is 0 Å². The first-order chi connectivity index (χ1) is 11.9. The molecule has 2 atom stereocenters. The van der Waals surface area contributed by atoms with Gasteiger partial charge in [-0.2, -0.15) is 0 Å². The van der Waals surface area contributed by atoms with Gasteiger partial charge >= 0.3 is 5.97 Å². The van der Waals surface area contributed by atoms with Crippen LogP contribution in [-0.4, -0.2) is 60.1 Å². The van der Waals surface area contributed by atoms with Crippen molar-refractivity contribution >= 4 is 35.1 Å². The van der Waals surface area contributed by atoms with E-state index in [4.69, 9.17) is 21.4 Å². The van der Waals surface area contributed by atoms with E-state index in [1.807, 2.05) is 0 Å². The van der Waals surface area contributed by atoms with Gasteiger partial charge < -0.3 is 19.6 Å². The molecule has 25 heavy (non-hydrogen) atoms. The number of nitrogens with zero attached hydrogens (tertiary/aromatic N) is 2. The molecule has 0 unspecified atom stereocenters. The summed E-state index contributed by atoms with van der Waals surface area (Å²) in [6.07, 6.45) is -0.480. The van der Waals surface area contributed by atoms with Gasteiger partial charge in [0, 0.05) is 36.8 Å². The van der Waals surface area contributed by atoms with Crippen LogP contribution in [0.3, 0.4) is 0 Å². The minimum Gasteiger partial charge on any atom is -0.481 e. The lowest BCUT2D eigenvalue weighted by atomic mass is 10.1. The van der Waals surface area contributed by atoms with Gasteiger partial charge in [-0.15, -0.1) is 0 Å². The SMILES string of the molecule is O=C(O)C[C@@H]1CN(C(=O)[C@H]2CC(=O)N(c3ccc(Cl)cc3)C2)CCO1. The van der Waals surface area contributed by atoms with E-state index < -0.39 is 18.0 Å². The number of rotatable bonds is 4. The Kier molecular flexibility index (Phi) is 5.24. The molecule has 2 aliphatic rings. The van der Waals surface area contributed by atoms with E-state index in [2.05, 4.69) is 0 Å². The second-order valence-electron chi connectivity index (χ2n) is 6.26. The van der Waals surface area contributed by atoms with Crippen molar-refractivity contribution in [1.82, 2.24) is 4.90 Å². The van der Waals surface area contributed by atoms with Gasteiger partial charge in [-0.3, -0.25) is 14.4 Å². The van der Waals surface area contributed by atoms with Crippen LogP contribution >= 0.6 is 11.6 Å². The van der Waals surface area contributed by atoms with Crippen molar-refractivity contribution in [1.29, 1.82) is 0 Å². The summed E-state index contributed by atoms with van der Waals surface area (Å²) >= 11 is 5.87. The summed E-state index contributed by atoms with van der Waals surface area (Å²) in [5.74, 6) is -1.60. The van der Waals surface area contributed by atoms with Crippen molar-refractivity contribution in [2.75, 3.05) is 31.1 Å². The highest BCUT2D eigenvalue weighted by molar-refractivity contribution is 6.30. The third-order valence-corrected chi connectivity index (χ3v) is 4.72. The first kappa shape index (κ1) is 17.7. The van der Waals surface area contributed by atoms with E-state index in [0.717, 1.165) is 5.69 Å². The van der Waals surface area contributed by atoms with Gasteiger partial charge in [-0.1, -0.05) is 11.6 Å².